The Bertz CT molecular complexity index is 496. The average molecular weight is 239 g/mol. The number of aromatic nitrogens is 1. The van der Waals surface area contributed by atoms with E-state index in [0.29, 0.717) is 21.2 Å². The molecule has 15 heavy (non-hydrogen) atoms. The van der Waals surface area contributed by atoms with E-state index in [1.165, 1.54) is 17.5 Å². The largest absolute Gasteiger partial charge is 0.398 e. The molecule has 0 amide bonds. The molecule has 1 heterocycles. The predicted octanol–water partition coefficient (Wildman–Crippen LogP) is 2.61. The van der Waals surface area contributed by atoms with Crippen molar-refractivity contribution in [2.75, 3.05) is 5.73 Å². The number of carbonyl (C=O) groups is 1. The Morgan fingerprint density at radius 1 is 1.47 bits per heavy atom. The fourth-order valence-corrected chi connectivity index (χ4v) is 1.90. The summed E-state index contributed by atoms with van der Waals surface area (Å²) in [6, 6.07) is 4.85. The van der Waals surface area contributed by atoms with E-state index >= 15 is 0 Å². The molecule has 0 fully saturated rings. The van der Waals surface area contributed by atoms with E-state index in [1.54, 1.807) is 23.7 Å². The van der Waals surface area contributed by atoms with Gasteiger partial charge in [-0.05, 0) is 18.2 Å². The summed E-state index contributed by atoms with van der Waals surface area (Å²) in [5, 5.41) is 0.394. The number of nitrogens with two attached hydrogens (primary N) is 1. The number of halogens is 1. The van der Waals surface area contributed by atoms with Gasteiger partial charge in [0.25, 0.3) is 0 Å². The highest BCUT2D eigenvalue weighted by molar-refractivity contribution is 7.11. The van der Waals surface area contributed by atoms with Crippen LogP contribution in [0.4, 0.5) is 5.69 Å². The molecule has 0 radical (unpaired) electrons. The van der Waals surface area contributed by atoms with Crippen molar-refractivity contribution in [3.05, 3.63) is 45.4 Å². The van der Waals surface area contributed by atoms with Crippen LogP contribution < -0.4 is 5.73 Å². The lowest BCUT2D eigenvalue weighted by Crippen LogP contribution is -1.99. The van der Waals surface area contributed by atoms with Gasteiger partial charge in [0, 0.05) is 11.8 Å². The average Bonchev–Trinajstić information content (AvgIpc) is 2.74. The summed E-state index contributed by atoms with van der Waals surface area (Å²) in [5.74, 6) is -0.0839. The molecule has 0 saturated heterocycles. The lowest BCUT2D eigenvalue weighted by molar-refractivity contribution is 0.104. The van der Waals surface area contributed by atoms with Gasteiger partial charge in [-0.15, -0.1) is 11.3 Å². The molecule has 0 spiro atoms. The Balaban J connectivity index is 2.39. The zero-order valence-corrected chi connectivity index (χ0v) is 9.18. The van der Waals surface area contributed by atoms with Crippen LogP contribution in [0.5, 0.6) is 0 Å². The molecule has 2 rings (SSSR count). The summed E-state index contributed by atoms with van der Waals surface area (Å²) in [5.41, 5.74) is 8.17. The van der Waals surface area contributed by atoms with Crippen LogP contribution in [-0.2, 0) is 0 Å². The molecule has 2 N–H and O–H groups in total. The molecule has 0 aliphatic carbocycles. The van der Waals surface area contributed by atoms with Crippen LogP contribution in [0.2, 0.25) is 5.02 Å². The number of nitrogen functional groups attached to an aromatic ring is 1. The highest BCUT2D eigenvalue weighted by Gasteiger charge is 2.11. The minimum Gasteiger partial charge on any atom is -0.398 e. The van der Waals surface area contributed by atoms with Crippen molar-refractivity contribution < 1.29 is 4.79 Å². The maximum atomic E-state index is 11.8. The molecule has 0 unspecified atom stereocenters. The molecule has 1 aromatic heterocycles. The molecule has 2 aromatic rings. The van der Waals surface area contributed by atoms with Crippen LogP contribution in [-0.4, -0.2) is 10.8 Å². The van der Waals surface area contributed by atoms with Gasteiger partial charge in [0.2, 0.25) is 5.78 Å². The Labute approximate surface area is 95.5 Å². The van der Waals surface area contributed by atoms with E-state index in [-0.39, 0.29) is 5.78 Å². The smallest absolute Gasteiger partial charge is 0.204 e. The van der Waals surface area contributed by atoms with E-state index in [1.807, 2.05) is 0 Å². The summed E-state index contributed by atoms with van der Waals surface area (Å²) in [4.78, 5) is 16.3. The Morgan fingerprint density at radius 2 is 2.27 bits per heavy atom. The summed E-state index contributed by atoms with van der Waals surface area (Å²) < 4.78 is 0. The second-order valence-electron chi connectivity index (χ2n) is 2.93. The Morgan fingerprint density at radius 3 is 2.87 bits per heavy atom. The SMILES string of the molecule is Nc1ccc(C(=O)c2cncs2)cc1Cl. The molecule has 0 atom stereocenters. The van der Waals surface area contributed by atoms with Gasteiger partial charge in [0.1, 0.15) is 0 Å². The van der Waals surface area contributed by atoms with E-state index in [0.717, 1.165) is 0 Å². The molecule has 5 heteroatoms. The first-order valence-electron chi connectivity index (χ1n) is 4.16. The quantitative estimate of drug-likeness (QED) is 0.646. The van der Waals surface area contributed by atoms with Gasteiger partial charge in [-0.1, -0.05) is 11.6 Å². The van der Waals surface area contributed by atoms with Gasteiger partial charge in [-0.25, -0.2) is 0 Å². The number of anilines is 1. The number of rotatable bonds is 2. The maximum Gasteiger partial charge on any atom is 0.204 e. The van der Waals surface area contributed by atoms with Crippen molar-refractivity contribution >= 4 is 34.4 Å². The second-order valence-corrected chi connectivity index (χ2v) is 4.22. The molecule has 76 valence electrons. The van der Waals surface area contributed by atoms with E-state index in [4.69, 9.17) is 17.3 Å². The highest BCUT2D eigenvalue weighted by Crippen LogP contribution is 2.22. The van der Waals surface area contributed by atoms with E-state index in [2.05, 4.69) is 4.98 Å². The van der Waals surface area contributed by atoms with Gasteiger partial charge in [0.05, 0.1) is 21.1 Å². The highest BCUT2D eigenvalue weighted by atomic mass is 35.5. The van der Waals surface area contributed by atoms with Gasteiger partial charge >= 0.3 is 0 Å². The second kappa shape index (κ2) is 4.00. The van der Waals surface area contributed by atoms with Crippen molar-refractivity contribution in [3.63, 3.8) is 0 Å². The topological polar surface area (TPSA) is 56.0 Å². The van der Waals surface area contributed by atoms with E-state index < -0.39 is 0 Å². The van der Waals surface area contributed by atoms with Crippen LogP contribution in [0.25, 0.3) is 0 Å². The lowest BCUT2D eigenvalue weighted by atomic mass is 10.1. The fraction of sp³-hybridized carbons (Fsp3) is 0. The van der Waals surface area contributed by atoms with Crippen LogP contribution in [0, 0.1) is 0 Å². The van der Waals surface area contributed by atoms with Crippen molar-refractivity contribution in [1.29, 1.82) is 0 Å². The van der Waals surface area contributed by atoms with Gasteiger partial charge in [0.15, 0.2) is 0 Å². The minimum absolute atomic E-state index is 0.0839. The van der Waals surface area contributed by atoms with Gasteiger partial charge < -0.3 is 5.73 Å². The van der Waals surface area contributed by atoms with E-state index in [9.17, 15) is 4.79 Å². The van der Waals surface area contributed by atoms with Crippen molar-refractivity contribution in [3.8, 4) is 0 Å². The molecule has 0 aliphatic heterocycles. The van der Waals surface area contributed by atoms with Gasteiger partial charge in [-0.3, -0.25) is 9.78 Å². The third-order valence-electron chi connectivity index (χ3n) is 1.92. The molecule has 3 nitrogen and oxygen atoms in total. The lowest BCUT2D eigenvalue weighted by Gasteiger charge is -2.01. The zero-order chi connectivity index (χ0) is 10.8. The molecule has 1 aromatic carbocycles. The monoisotopic (exact) mass is 238 g/mol. The molecule has 0 saturated carbocycles. The fourth-order valence-electron chi connectivity index (χ4n) is 1.14. The van der Waals surface area contributed by atoms with Gasteiger partial charge in [-0.2, -0.15) is 0 Å². The van der Waals surface area contributed by atoms with Crippen LogP contribution in [0.15, 0.2) is 29.9 Å². The van der Waals surface area contributed by atoms with Crippen LogP contribution in [0.3, 0.4) is 0 Å². The first kappa shape index (κ1) is 10.1. The summed E-state index contributed by atoms with van der Waals surface area (Å²) >= 11 is 7.13. The Hall–Kier alpha value is -1.39. The number of hydrogen-bond donors (Lipinski definition) is 1. The third-order valence-corrected chi connectivity index (χ3v) is 3.02. The first-order chi connectivity index (χ1) is 7.18. The Kier molecular flexibility index (Phi) is 2.70. The number of hydrogen-bond acceptors (Lipinski definition) is 4. The van der Waals surface area contributed by atoms with Crippen molar-refractivity contribution in [2.45, 2.75) is 0 Å². The number of benzene rings is 1. The van der Waals surface area contributed by atoms with Crippen LogP contribution >= 0.6 is 22.9 Å². The predicted molar refractivity (Wildman–Crippen MR) is 61.4 cm³/mol. The first-order valence-corrected chi connectivity index (χ1v) is 5.42. The molecule has 0 aliphatic rings. The van der Waals surface area contributed by atoms with Crippen molar-refractivity contribution in [1.82, 2.24) is 4.98 Å². The normalized spacial score (nSPS) is 10.2. The third kappa shape index (κ3) is 2.00. The number of ketones is 1. The minimum atomic E-state index is -0.0839. The molecule has 0 bridgehead atoms. The summed E-state index contributed by atoms with van der Waals surface area (Å²) in [6.45, 7) is 0. The number of thiazole rings is 1. The number of carbonyl (C=O) groups excluding carboxylic acids is 1. The summed E-state index contributed by atoms with van der Waals surface area (Å²) in [6.07, 6.45) is 1.54. The zero-order valence-electron chi connectivity index (χ0n) is 7.61. The summed E-state index contributed by atoms with van der Waals surface area (Å²) in [7, 11) is 0. The maximum absolute atomic E-state index is 11.8. The van der Waals surface area contributed by atoms with Crippen molar-refractivity contribution in [2.24, 2.45) is 0 Å². The number of nitrogens with zero attached hydrogens (tertiary/aromatic N) is 1. The standard InChI is InChI=1S/C10H7ClN2OS/c11-7-3-6(1-2-8(7)12)10(14)9-4-13-5-15-9/h1-5H,12H2. The van der Waals surface area contributed by atoms with Crippen LogP contribution in [0.1, 0.15) is 15.2 Å². The molecular formula is C10H7ClN2OS. The molecular weight excluding hydrogens is 232 g/mol.